The Morgan fingerprint density at radius 2 is 2.18 bits per heavy atom. The second kappa shape index (κ2) is 4.63. The number of nitrogens with one attached hydrogen (secondary N) is 1. The van der Waals surface area contributed by atoms with Gasteiger partial charge in [0.15, 0.2) is 0 Å². The van der Waals surface area contributed by atoms with Gasteiger partial charge in [0.2, 0.25) is 0 Å². The molecule has 1 aliphatic heterocycles. The van der Waals surface area contributed by atoms with Gasteiger partial charge in [-0.05, 0) is 12.1 Å². The minimum absolute atomic E-state index is 0.457. The van der Waals surface area contributed by atoms with Crippen LogP contribution in [0.3, 0.4) is 0 Å². The van der Waals surface area contributed by atoms with Crippen LogP contribution < -0.4 is 10.1 Å². The minimum Gasteiger partial charge on any atom is -0.493 e. The number of benzene rings is 1. The third-order valence-electron chi connectivity index (χ3n) is 3.10. The van der Waals surface area contributed by atoms with Crippen LogP contribution in [0.1, 0.15) is 17.0 Å². The molecule has 1 aromatic heterocycles. The molecule has 0 saturated carbocycles. The molecule has 3 nitrogen and oxygen atoms in total. The topological polar surface area (TPSA) is 34.4 Å². The SMILES string of the molecule is c1ccc2c(c1)OCC2CNCc1ccoc1. The maximum absolute atomic E-state index is 5.64. The van der Waals surface area contributed by atoms with Crippen LogP contribution in [0.5, 0.6) is 5.75 Å². The van der Waals surface area contributed by atoms with Crippen LogP contribution in [0, 0.1) is 0 Å². The summed E-state index contributed by atoms with van der Waals surface area (Å²) >= 11 is 0. The summed E-state index contributed by atoms with van der Waals surface area (Å²) in [4.78, 5) is 0. The van der Waals surface area contributed by atoms with Gasteiger partial charge in [0, 0.05) is 30.1 Å². The highest BCUT2D eigenvalue weighted by atomic mass is 16.5. The summed E-state index contributed by atoms with van der Waals surface area (Å²) in [6, 6.07) is 10.2. The molecule has 2 aromatic rings. The van der Waals surface area contributed by atoms with Crippen LogP contribution >= 0.6 is 0 Å². The van der Waals surface area contributed by atoms with E-state index in [0.29, 0.717) is 5.92 Å². The number of para-hydroxylation sites is 1. The first kappa shape index (κ1) is 10.4. The van der Waals surface area contributed by atoms with Gasteiger partial charge < -0.3 is 14.5 Å². The van der Waals surface area contributed by atoms with E-state index >= 15 is 0 Å². The molecular formula is C14H15NO2. The Balaban J connectivity index is 1.57. The van der Waals surface area contributed by atoms with Crippen molar-refractivity contribution in [3.63, 3.8) is 0 Å². The Labute approximate surface area is 100 Å². The van der Waals surface area contributed by atoms with Crippen molar-refractivity contribution in [2.75, 3.05) is 13.2 Å². The molecule has 2 heterocycles. The van der Waals surface area contributed by atoms with E-state index in [-0.39, 0.29) is 0 Å². The quantitative estimate of drug-likeness (QED) is 0.874. The molecular weight excluding hydrogens is 214 g/mol. The molecule has 88 valence electrons. The number of rotatable bonds is 4. The summed E-state index contributed by atoms with van der Waals surface area (Å²) in [5.74, 6) is 1.49. The predicted octanol–water partition coefficient (Wildman–Crippen LogP) is 2.55. The van der Waals surface area contributed by atoms with E-state index in [2.05, 4.69) is 17.4 Å². The lowest BCUT2D eigenvalue weighted by atomic mass is 10.0. The van der Waals surface area contributed by atoms with Crippen LogP contribution in [0.2, 0.25) is 0 Å². The van der Waals surface area contributed by atoms with E-state index in [1.165, 1.54) is 11.1 Å². The van der Waals surface area contributed by atoms with Crippen molar-refractivity contribution in [3.05, 3.63) is 54.0 Å². The minimum atomic E-state index is 0.457. The van der Waals surface area contributed by atoms with Crippen LogP contribution in [0.15, 0.2) is 47.3 Å². The van der Waals surface area contributed by atoms with Gasteiger partial charge in [0.1, 0.15) is 5.75 Å². The molecule has 17 heavy (non-hydrogen) atoms. The Kier molecular flexibility index (Phi) is 2.84. The van der Waals surface area contributed by atoms with Crippen LogP contribution in [-0.2, 0) is 6.54 Å². The number of furan rings is 1. The zero-order chi connectivity index (χ0) is 11.5. The normalized spacial score (nSPS) is 17.8. The van der Waals surface area contributed by atoms with Crippen molar-refractivity contribution in [2.24, 2.45) is 0 Å². The second-order valence-electron chi connectivity index (χ2n) is 4.31. The highest BCUT2D eigenvalue weighted by Crippen LogP contribution is 2.32. The lowest BCUT2D eigenvalue weighted by Crippen LogP contribution is -2.21. The Morgan fingerprint density at radius 1 is 1.24 bits per heavy atom. The molecule has 0 spiro atoms. The van der Waals surface area contributed by atoms with E-state index in [1.54, 1.807) is 12.5 Å². The molecule has 1 N–H and O–H groups in total. The molecule has 0 bridgehead atoms. The van der Waals surface area contributed by atoms with Gasteiger partial charge in [-0.3, -0.25) is 0 Å². The Hall–Kier alpha value is -1.74. The van der Waals surface area contributed by atoms with Gasteiger partial charge in [-0.1, -0.05) is 18.2 Å². The van der Waals surface area contributed by atoms with Gasteiger partial charge in [0.25, 0.3) is 0 Å². The molecule has 3 heteroatoms. The van der Waals surface area contributed by atoms with Gasteiger partial charge in [-0.15, -0.1) is 0 Å². The van der Waals surface area contributed by atoms with Gasteiger partial charge >= 0.3 is 0 Å². The monoisotopic (exact) mass is 229 g/mol. The van der Waals surface area contributed by atoms with Gasteiger partial charge in [0.05, 0.1) is 19.1 Å². The zero-order valence-corrected chi connectivity index (χ0v) is 9.56. The number of hydrogen-bond donors (Lipinski definition) is 1. The lowest BCUT2D eigenvalue weighted by molar-refractivity contribution is 0.326. The fraction of sp³-hybridized carbons (Fsp3) is 0.286. The first-order valence-corrected chi connectivity index (χ1v) is 5.87. The van der Waals surface area contributed by atoms with Crippen LogP contribution in [0.4, 0.5) is 0 Å². The average molecular weight is 229 g/mol. The second-order valence-corrected chi connectivity index (χ2v) is 4.31. The van der Waals surface area contributed by atoms with Gasteiger partial charge in [-0.2, -0.15) is 0 Å². The highest BCUT2D eigenvalue weighted by molar-refractivity contribution is 5.39. The van der Waals surface area contributed by atoms with Crippen molar-refractivity contribution in [2.45, 2.75) is 12.5 Å². The van der Waals surface area contributed by atoms with Crippen molar-refractivity contribution < 1.29 is 9.15 Å². The fourth-order valence-corrected chi connectivity index (χ4v) is 2.18. The fourth-order valence-electron chi connectivity index (χ4n) is 2.18. The molecule has 0 radical (unpaired) electrons. The van der Waals surface area contributed by atoms with E-state index in [0.717, 1.165) is 25.4 Å². The molecule has 1 aliphatic rings. The molecule has 1 aromatic carbocycles. The van der Waals surface area contributed by atoms with Crippen molar-refractivity contribution >= 4 is 0 Å². The summed E-state index contributed by atoms with van der Waals surface area (Å²) in [6.45, 7) is 2.55. The average Bonchev–Trinajstić information content (AvgIpc) is 2.99. The third-order valence-corrected chi connectivity index (χ3v) is 3.10. The smallest absolute Gasteiger partial charge is 0.122 e. The number of ether oxygens (including phenoxy) is 1. The highest BCUT2D eigenvalue weighted by Gasteiger charge is 2.22. The van der Waals surface area contributed by atoms with Crippen LogP contribution in [0.25, 0.3) is 0 Å². The zero-order valence-electron chi connectivity index (χ0n) is 9.56. The van der Waals surface area contributed by atoms with Crippen molar-refractivity contribution in [1.29, 1.82) is 0 Å². The first-order valence-electron chi connectivity index (χ1n) is 5.87. The molecule has 0 amide bonds. The Bertz CT molecular complexity index is 479. The maximum Gasteiger partial charge on any atom is 0.122 e. The number of hydrogen-bond acceptors (Lipinski definition) is 3. The van der Waals surface area contributed by atoms with Crippen molar-refractivity contribution in [1.82, 2.24) is 5.32 Å². The van der Waals surface area contributed by atoms with Crippen LogP contribution in [-0.4, -0.2) is 13.2 Å². The van der Waals surface area contributed by atoms with Gasteiger partial charge in [-0.25, -0.2) is 0 Å². The van der Waals surface area contributed by atoms with E-state index in [1.807, 2.05) is 18.2 Å². The Morgan fingerprint density at radius 3 is 3.06 bits per heavy atom. The molecule has 3 rings (SSSR count). The summed E-state index contributed by atoms with van der Waals surface area (Å²) in [5.41, 5.74) is 2.49. The molecule has 0 fully saturated rings. The molecule has 0 saturated heterocycles. The summed E-state index contributed by atoms with van der Waals surface area (Å²) < 4.78 is 10.7. The van der Waals surface area contributed by atoms with E-state index in [9.17, 15) is 0 Å². The third kappa shape index (κ3) is 2.19. The summed E-state index contributed by atoms with van der Waals surface area (Å²) in [5, 5.41) is 3.43. The summed E-state index contributed by atoms with van der Waals surface area (Å²) in [7, 11) is 0. The number of fused-ring (bicyclic) bond motifs is 1. The lowest BCUT2D eigenvalue weighted by Gasteiger charge is -2.09. The molecule has 1 atom stereocenters. The maximum atomic E-state index is 5.64. The van der Waals surface area contributed by atoms with E-state index < -0.39 is 0 Å². The predicted molar refractivity (Wildman–Crippen MR) is 65.1 cm³/mol. The largest absolute Gasteiger partial charge is 0.493 e. The van der Waals surface area contributed by atoms with E-state index in [4.69, 9.17) is 9.15 Å². The first-order chi connectivity index (χ1) is 8.43. The molecule has 1 unspecified atom stereocenters. The standard InChI is InChI=1S/C14H15NO2/c1-2-4-14-13(3-1)12(10-17-14)8-15-7-11-5-6-16-9-11/h1-6,9,12,15H,7-8,10H2. The molecule has 0 aliphatic carbocycles. The summed E-state index contributed by atoms with van der Waals surface area (Å²) in [6.07, 6.45) is 3.47. The van der Waals surface area contributed by atoms with Crippen molar-refractivity contribution in [3.8, 4) is 5.75 Å².